The van der Waals surface area contributed by atoms with E-state index in [-0.39, 0.29) is 34.7 Å². The third-order valence-corrected chi connectivity index (χ3v) is 0.404. The first-order valence-corrected chi connectivity index (χ1v) is 2.10. The van der Waals surface area contributed by atoms with E-state index in [1.165, 1.54) is 0 Å². The number of thiocarbonyl (C=S) groups is 1. The van der Waals surface area contributed by atoms with Gasteiger partial charge in [0, 0.05) is 0 Å². The van der Waals surface area contributed by atoms with Crippen molar-refractivity contribution in [2.24, 2.45) is 5.73 Å². The van der Waals surface area contributed by atoms with E-state index in [2.05, 4.69) is 17.0 Å². The maximum absolute atomic E-state index is 4.91. The first kappa shape index (κ1) is 10.6. The van der Waals surface area contributed by atoms with Crippen LogP contribution < -0.4 is 5.73 Å². The van der Waals surface area contributed by atoms with Crippen LogP contribution in [0.15, 0.2) is 0 Å². The molecule has 0 bridgehead atoms. The van der Waals surface area contributed by atoms with E-state index >= 15 is 0 Å². The number of nitrogens with two attached hydrogens (primary N) is 1. The summed E-state index contributed by atoms with van der Waals surface area (Å²) in [7, 11) is 0. The Hall–Kier alpha value is 0.690. The van der Waals surface area contributed by atoms with E-state index in [0.717, 1.165) is 0 Å². The van der Waals surface area contributed by atoms with Gasteiger partial charge in [-0.1, -0.05) is 0 Å². The fraction of sp³-hybridized carbons (Fsp3) is 0.667. The van der Waals surface area contributed by atoms with E-state index < -0.39 is 0 Å². The van der Waals surface area contributed by atoms with E-state index in [4.69, 9.17) is 5.73 Å². The second-order valence-electron chi connectivity index (χ2n) is 0.752. The topological polar surface area (TPSA) is 35.2 Å². The van der Waals surface area contributed by atoms with Crippen LogP contribution in [0.2, 0.25) is 0 Å². The standard InChI is InChI=1S/C3H7NOS.Na.H/c1-2-5-3(4)6;;/h2H2,1H3,(H2,4,6);;. The molecule has 0 fully saturated rings. The van der Waals surface area contributed by atoms with Crippen LogP contribution in [0.25, 0.3) is 0 Å². The molecule has 0 aromatic carbocycles. The van der Waals surface area contributed by atoms with Crippen LogP contribution in [0.1, 0.15) is 6.92 Å². The average Bonchev–Trinajstić information content (AvgIpc) is 1.35. The second-order valence-corrected chi connectivity index (χ2v) is 1.15. The van der Waals surface area contributed by atoms with Gasteiger partial charge in [0.1, 0.15) is 0 Å². The van der Waals surface area contributed by atoms with Crippen LogP contribution in [0, 0.1) is 0 Å². The molecule has 0 heterocycles. The molecule has 0 radical (unpaired) electrons. The van der Waals surface area contributed by atoms with Crippen molar-refractivity contribution in [1.82, 2.24) is 0 Å². The molecule has 4 heteroatoms. The van der Waals surface area contributed by atoms with Crippen molar-refractivity contribution < 1.29 is 4.74 Å². The van der Waals surface area contributed by atoms with Crippen LogP contribution in [-0.4, -0.2) is 41.3 Å². The number of hydrogen-bond acceptors (Lipinski definition) is 2. The Balaban J connectivity index is 0. The Bertz CT molecular complexity index is 58.9. The molecule has 2 N–H and O–H groups in total. The monoisotopic (exact) mass is 129 g/mol. The second kappa shape index (κ2) is 6.69. The first-order valence-electron chi connectivity index (χ1n) is 1.69. The molecule has 2 nitrogen and oxygen atoms in total. The van der Waals surface area contributed by atoms with Crippen molar-refractivity contribution in [3.8, 4) is 0 Å². The Kier molecular flexibility index (Phi) is 10.2. The minimum atomic E-state index is 0. The molecular weight excluding hydrogens is 121 g/mol. The van der Waals surface area contributed by atoms with Gasteiger partial charge in [0.2, 0.25) is 0 Å². The molecule has 0 aromatic rings. The Morgan fingerprint density at radius 2 is 2.29 bits per heavy atom. The SMILES string of the molecule is CCOC(N)=S.[NaH]. The Morgan fingerprint density at radius 1 is 1.86 bits per heavy atom. The minimum absolute atomic E-state index is 0. The van der Waals surface area contributed by atoms with Gasteiger partial charge in [-0.05, 0) is 19.1 Å². The molecule has 0 atom stereocenters. The van der Waals surface area contributed by atoms with E-state index in [1.54, 1.807) is 0 Å². The van der Waals surface area contributed by atoms with Gasteiger partial charge in [-0.25, -0.2) is 0 Å². The van der Waals surface area contributed by atoms with Crippen molar-refractivity contribution in [3.63, 3.8) is 0 Å². The zero-order chi connectivity index (χ0) is 4.99. The van der Waals surface area contributed by atoms with E-state index in [0.29, 0.717) is 6.61 Å². The van der Waals surface area contributed by atoms with Crippen LogP contribution in [0.4, 0.5) is 0 Å². The van der Waals surface area contributed by atoms with Gasteiger partial charge < -0.3 is 10.5 Å². The summed E-state index contributed by atoms with van der Waals surface area (Å²) in [4.78, 5) is 0. The molecule has 7 heavy (non-hydrogen) atoms. The first-order chi connectivity index (χ1) is 2.77. The molecule has 0 aliphatic rings. The molecule has 0 aliphatic carbocycles. The Labute approximate surface area is 70.7 Å². The molecule has 0 saturated heterocycles. The summed E-state index contributed by atoms with van der Waals surface area (Å²) >= 11 is 4.35. The van der Waals surface area contributed by atoms with Crippen molar-refractivity contribution in [2.45, 2.75) is 6.92 Å². The molecule has 0 unspecified atom stereocenters. The fourth-order valence-corrected chi connectivity index (χ4v) is 0.260. The molecule has 38 valence electrons. The summed E-state index contributed by atoms with van der Waals surface area (Å²) in [6, 6.07) is 0. The van der Waals surface area contributed by atoms with Crippen molar-refractivity contribution in [2.75, 3.05) is 6.61 Å². The Morgan fingerprint density at radius 3 is 2.29 bits per heavy atom. The van der Waals surface area contributed by atoms with Gasteiger partial charge in [0.15, 0.2) is 0 Å². The van der Waals surface area contributed by atoms with Crippen LogP contribution in [0.5, 0.6) is 0 Å². The summed E-state index contributed by atoms with van der Waals surface area (Å²) in [5, 5.41) is 0.123. The molecule has 0 saturated carbocycles. The number of hydrogen-bond donors (Lipinski definition) is 1. The van der Waals surface area contributed by atoms with Gasteiger partial charge in [-0.15, -0.1) is 0 Å². The number of ether oxygens (including phenoxy) is 1. The van der Waals surface area contributed by atoms with Crippen LogP contribution in [0.3, 0.4) is 0 Å². The third kappa shape index (κ3) is 10.8. The summed E-state index contributed by atoms with van der Waals surface area (Å²) in [5.41, 5.74) is 4.91. The predicted molar refractivity (Wildman–Crippen MR) is 35.6 cm³/mol. The van der Waals surface area contributed by atoms with E-state index in [9.17, 15) is 0 Å². The van der Waals surface area contributed by atoms with Crippen LogP contribution >= 0.6 is 12.2 Å². The molecule has 0 aliphatic heterocycles. The molecule has 0 spiro atoms. The normalized spacial score (nSPS) is 6.43. The molecule has 0 amide bonds. The summed E-state index contributed by atoms with van der Waals surface area (Å²) in [6.07, 6.45) is 0. The van der Waals surface area contributed by atoms with Gasteiger partial charge in [-0.3, -0.25) is 0 Å². The fourth-order valence-electron chi connectivity index (χ4n) is 0.142. The van der Waals surface area contributed by atoms with Gasteiger partial charge in [0.05, 0.1) is 6.61 Å². The zero-order valence-corrected chi connectivity index (χ0v) is 4.42. The van der Waals surface area contributed by atoms with Crippen molar-refractivity contribution in [1.29, 1.82) is 0 Å². The number of rotatable bonds is 1. The summed E-state index contributed by atoms with van der Waals surface area (Å²) in [6.45, 7) is 2.40. The molecule has 0 rings (SSSR count). The van der Waals surface area contributed by atoms with Gasteiger partial charge in [-0.2, -0.15) is 0 Å². The van der Waals surface area contributed by atoms with Crippen molar-refractivity contribution in [3.05, 3.63) is 0 Å². The quantitative estimate of drug-likeness (QED) is 0.387. The summed E-state index contributed by atoms with van der Waals surface area (Å²) < 4.78 is 4.55. The molecular formula is C3H8NNaOS. The average molecular weight is 129 g/mol. The predicted octanol–water partition coefficient (Wildman–Crippen LogP) is -0.382. The zero-order valence-electron chi connectivity index (χ0n) is 3.60. The molecule has 0 aromatic heterocycles. The van der Waals surface area contributed by atoms with Crippen LogP contribution in [-0.2, 0) is 4.74 Å². The third-order valence-electron chi connectivity index (χ3n) is 0.287. The van der Waals surface area contributed by atoms with Gasteiger partial charge in [0.25, 0.3) is 5.17 Å². The summed E-state index contributed by atoms with van der Waals surface area (Å²) in [5.74, 6) is 0. The van der Waals surface area contributed by atoms with Gasteiger partial charge >= 0.3 is 29.6 Å². The maximum atomic E-state index is 4.91. The van der Waals surface area contributed by atoms with E-state index in [1.807, 2.05) is 6.92 Å². The van der Waals surface area contributed by atoms with Crippen molar-refractivity contribution >= 4 is 46.9 Å².